The second-order valence-electron chi connectivity index (χ2n) is 7.06. The molecule has 3 rings (SSSR count). The summed E-state index contributed by atoms with van der Waals surface area (Å²) < 4.78 is 6.29. The summed E-state index contributed by atoms with van der Waals surface area (Å²) >= 11 is 0. The second kappa shape index (κ2) is 5.49. The zero-order chi connectivity index (χ0) is 15.1. The Morgan fingerprint density at radius 2 is 1.76 bits per heavy atom. The summed E-state index contributed by atoms with van der Waals surface area (Å²) in [6, 6.07) is 8.86. The van der Waals surface area contributed by atoms with E-state index in [1.54, 1.807) is 0 Å². The number of anilines is 1. The first-order valence-corrected chi connectivity index (χ1v) is 8.06. The lowest BCUT2D eigenvalue weighted by atomic mass is 9.64. The van der Waals surface area contributed by atoms with Crippen molar-refractivity contribution < 1.29 is 4.74 Å². The lowest BCUT2D eigenvalue weighted by Gasteiger charge is -2.47. The molecule has 2 bridgehead atoms. The minimum Gasteiger partial charge on any atom is -0.378 e. The van der Waals surface area contributed by atoms with E-state index >= 15 is 0 Å². The summed E-state index contributed by atoms with van der Waals surface area (Å²) in [7, 11) is 4.16. The van der Waals surface area contributed by atoms with E-state index < -0.39 is 0 Å². The average Bonchev–Trinajstić information content (AvgIpc) is 2.44. The highest BCUT2D eigenvalue weighted by Crippen LogP contribution is 2.49. The van der Waals surface area contributed by atoms with Gasteiger partial charge in [-0.15, -0.1) is 0 Å². The molecule has 0 N–H and O–H groups in total. The van der Waals surface area contributed by atoms with Crippen molar-refractivity contribution in [1.29, 1.82) is 0 Å². The minimum atomic E-state index is 0.219. The van der Waals surface area contributed by atoms with Crippen LogP contribution < -0.4 is 4.90 Å². The fraction of sp³-hybridized carbons (Fsp3) is 0.579. The fourth-order valence-corrected chi connectivity index (χ4v) is 4.21. The van der Waals surface area contributed by atoms with E-state index in [9.17, 15) is 0 Å². The van der Waals surface area contributed by atoms with E-state index in [0.29, 0.717) is 23.7 Å². The van der Waals surface area contributed by atoms with Gasteiger partial charge in [0.1, 0.15) is 0 Å². The van der Waals surface area contributed by atoms with Gasteiger partial charge in [-0.25, -0.2) is 0 Å². The first-order chi connectivity index (χ1) is 9.99. The molecular weight excluding hydrogens is 258 g/mol. The van der Waals surface area contributed by atoms with Gasteiger partial charge in [0.2, 0.25) is 0 Å². The second-order valence-corrected chi connectivity index (χ2v) is 7.06. The number of hydrogen-bond donors (Lipinski definition) is 0. The van der Waals surface area contributed by atoms with Crippen LogP contribution in [0.3, 0.4) is 0 Å². The van der Waals surface area contributed by atoms with Crippen molar-refractivity contribution in [3.63, 3.8) is 0 Å². The van der Waals surface area contributed by atoms with Gasteiger partial charge in [-0.05, 0) is 42.4 Å². The quantitative estimate of drug-likeness (QED) is 0.752. The summed E-state index contributed by atoms with van der Waals surface area (Å²) in [5.74, 6) is 2.56. The normalized spacial score (nSPS) is 35.3. The third kappa shape index (κ3) is 2.50. The molecule has 0 radical (unpaired) electrons. The van der Waals surface area contributed by atoms with Crippen LogP contribution in [0.2, 0.25) is 0 Å². The maximum absolute atomic E-state index is 6.29. The third-order valence-electron chi connectivity index (χ3n) is 5.50. The molecule has 21 heavy (non-hydrogen) atoms. The molecule has 5 atom stereocenters. The number of fused-ring (bicyclic) bond motifs is 2. The molecule has 0 aromatic heterocycles. The molecule has 0 saturated carbocycles. The van der Waals surface area contributed by atoms with Crippen molar-refractivity contribution in [2.24, 2.45) is 23.7 Å². The van der Waals surface area contributed by atoms with E-state index in [0.717, 1.165) is 6.61 Å². The highest BCUT2D eigenvalue weighted by molar-refractivity contribution is 5.46. The van der Waals surface area contributed by atoms with Crippen LogP contribution in [0.1, 0.15) is 32.4 Å². The standard InChI is InChI=1S/C19H27NO/c1-12-10-13(2)18-14(3)17(12)11-21-19(18)15-6-8-16(9-7-15)20(4)5/h6-10,12,14,17-19H,11H2,1-5H3/t12-,14+,17-,18-,19+/m0/s1. The van der Waals surface area contributed by atoms with Crippen LogP contribution in [0.25, 0.3) is 0 Å². The lowest BCUT2D eigenvalue weighted by Crippen LogP contribution is -2.42. The van der Waals surface area contributed by atoms with Gasteiger partial charge in [0.25, 0.3) is 0 Å². The van der Waals surface area contributed by atoms with E-state index in [1.165, 1.54) is 16.8 Å². The molecule has 0 amide bonds. The summed E-state index contributed by atoms with van der Waals surface area (Å²) in [5, 5.41) is 0. The van der Waals surface area contributed by atoms with Crippen molar-refractivity contribution in [2.75, 3.05) is 25.6 Å². The van der Waals surface area contributed by atoms with Crippen LogP contribution in [0, 0.1) is 23.7 Å². The van der Waals surface area contributed by atoms with Crippen molar-refractivity contribution >= 4 is 5.69 Å². The van der Waals surface area contributed by atoms with E-state index in [4.69, 9.17) is 4.74 Å². The van der Waals surface area contributed by atoms with Gasteiger partial charge in [-0.1, -0.05) is 37.6 Å². The van der Waals surface area contributed by atoms with Crippen molar-refractivity contribution in [1.82, 2.24) is 0 Å². The predicted octanol–water partition coefficient (Wildman–Crippen LogP) is 4.29. The fourth-order valence-electron chi connectivity index (χ4n) is 4.21. The largest absolute Gasteiger partial charge is 0.378 e. The number of rotatable bonds is 2. The van der Waals surface area contributed by atoms with Gasteiger partial charge in [-0.3, -0.25) is 0 Å². The maximum atomic E-state index is 6.29. The highest BCUT2D eigenvalue weighted by atomic mass is 16.5. The van der Waals surface area contributed by atoms with Crippen molar-refractivity contribution in [3.8, 4) is 0 Å². The molecule has 114 valence electrons. The summed E-state index contributed by atoms with van der Waals surface area (Å²) in [4.78, 5) is 2.14. The molecule has 0 unspecified atom stereocenters. The zero-order valence-electron chi connectivity index (χ0n) is 13.8. The number of allylic oxidation sites excluding steroid dienone is 1. The summed E-state index contributed by atoms with van der Waals surface area (Å²) in [6.07, 6.45) is 2.69. The Morgan fingerprint density at radius 1 is 1.10 bits per heavy atom. The molecule has 2 aliphatic rings. The molecular formula is C19H27NO. The molecule has 1 aromatic carbocycles. The third-order valence-corrected chi connectivity index (χ3v) is 5.50. The van der Waals surface area contributed by atoms with Crippen molar-refractivity contribution in [3.05, 3.63) is 41.5 Å². The minimum absolute atomic E-state index is 0.219. The first-order valence-electron chi connectivity index (χ1n) is 8.06. The molecule has 1 aliphatic heterocycles. The van der Waals surface area contributed by atoms with Crippen LogP contribution in [-0.2, 0) is 4.74 Å². The van der Waals surface area contributed by atoms with E-state index in [-0.39, 0.29) is 6.10 Å². The van der Waals surface area contributed by atoms with Crippen LogP contribution in [0.5, 0.6) is 0 Å². The van der Waals surface area contributed by atoms with Crippen LogP contribution in [0.4, 0.5) is 5.69 Å². The van der Waals surface area contributed by atoms with Gasteiger partial charge in [-0.2, -0.15) is 0 Å². The average molecular weight is 285 g/mol. The Bertz CT molecular complexity index is 531. The molecule has 1 heterocycles. The number of nitrogens with zero attached hydrogens (tertiary/aromatic N) is 1. The van der Waals surface area contributed by atoms with Crippen LogP contribution in [0.15, 0.2) is 35.9 Å². The monoisotopic (exact) mass is 285 g/mol. The van der Waals surface area contributed by atoms with Crippen LogP contribution in [-0.4, -0.2) is 20.7 Å². The molecule has 1 aliphatic carbocycles. The molecule has 0 spiro atoms. The molecule has 1 saturated heterocycles. The van der Waals surface area contributed by atoms with Gasteiger partial charge < -0.3 is 9.64 Å². The zero-order valence-corrected chi connectivity index (χ0v) is 13.8. The molecule has 2 nitrogen and oxygen atoms in total. The van der Waals surface area contributed by atoms with Gasteiger partial charge >= 0.3 is 0 Å². The Labute approximate surface area is 128 Å². The summed E-state index contributed by atoms with van der Waals surface area (Å²) in [6.45, 7) is 7.91. The predicted molar refractivity (Wildman–Crippen MR) is 88.5 cm³/mol. The lowest BCUT2D eigenvalue weighted by molar-refractivity contribution is -0.0934. The Balaban J connectivity index is 1.90. The van der Waals surface area contributed by atoms with Gasteiger partial charge in [0, 0.05) is 25.7 Å². The topological polar surface area (TPSA) is 12.5 Å². The molecule has 2 heteroatoms. The Morgan fingerprint density at radius 3 is 2.38 bits per heavy atom. The number of ether oxygens (including phenoxy) is 1. The van der Waals surface area contributed by atoms with E-state index in [1.807, 2.05) is 0 Å². The summed E-state index contributed by atoms with van der Waals surface area (Å²) in [5.41, 5.74) is 4.07. The number of benzene rings is 1. The van der Waals surface area contributed by atoms with Crippen molar-refractivity contribution in [2.45, 2.75) is 26.9 Å². The Kier molecular flexibility index (Phi) is 3.83. The SMILES string of the molecule is CC1=C[C@H](C)[C@@H]2CO[C@H](c3ccc(N(C)C)cc3)[C@@H]1[C@@H]2C. The Hall–Kier alpha value is -1.28. The molecule has 1 fully saturated rings. The first kappa shape index (κ1) is 14.6. The van der Waals surface area contributed by atoms with Crippen LogP contribution >= 0.6 is 0 Å². The van der Waals surface area contributed by atoms with Gasteiger partial charge in [0.15, 0.2) is 0 Å². The number of hydrogen-bond acceptors (Lipinski definition) is 2. The van der Waals surface area contributed by atoms with E-state index in [2.05, 4.69) is 70.1 Å². The smallest absolute Gasteiger partial charge is 0.0892 e. The maximum Gasteiger partial charge on any atom is 0.0892 e. The highest BCUT2D eigenvalue weighted by Gasteiger charge is 2.43. The molecule has 1 aromatic rings. The van der Waals surface area contributed by atoms with Gasteiger partial charge in [0.05, 0.1) is 12.7 Å².